The van der Waals surface area contributed by atoms with Crippen molar-refractivity contribution in [2.75, 3.05) is 6.54 Å². The van der Waals surface area contributed by atoms with E-state index in [0.717, 1.165) is 25.7 Å². The summed E-state index contributed by atoms with van der Waals surface area (Å²) < 4.78 is 0. The van der Waals surface area contributed by atoms with Gasteiger partial charge in [-0.3, -0.25) is 9.59 Å². The molecule has 20 heavy (non-hydrogen) atoms. The monoisotopic (exact) mass is 280 g/mol. The van der Waals surface area contributed by atoms with E-state index in [4.69, 9.17) is 0 Å². The van der Waals surface area contributed by atoms with Gasteiger partial charge in [0.25, 0.3) is 0 Å². The summed E-state index contributed by atoms with van der Waals surface area (Å²) in [6, 6.07) is 0.320. The number of hydrogen-bond donors (Lipinski definition) is 2. The van der Waals surface area contributed by atoms with Crippen LogP contribution < -0.4 is 10.6 Å². The van der Waals surface area contributed by atoms with Crippen LogP contribution in [0.4, 0.5) is 0 Å². The highest BCUT2D eigenvalue weighted by Gasteiger charge is 2.27. The van der Waals surface area contributed by atoms with E-state index in [2.05, 4.69) is 10.6 Å². The minimum atomic E-state index is -0.0381. The van der Waals surface area contributed by atoms with Crippen LogP contribution in [-0.4, -0.2) is 24.4 Å². The van der Waals surface area contributed by atoms with Crippen LogP contribution in [0, 0.1) is 11.8 Å². The van der Waals surface area contributed by atoms with Gasteiger partial charge in [-0.15, -0.1) is 0 Å². The topological polar surface area (TPSA) is 58.2 Å². The summed E-state index contributed by atoms with van der Waals surface area (Å²) in [5, 5.41) is 5.83. The molecule has 0 saturated heterocycles. The largest absolute Gasteiger partial charge is 0.352 e. The predicted molar refractivity (Wildman–Crippen MR) is 79.1 cm³/mol. The molecule has 0 aliphatic heterocycles. The van der Waals surface area contributed by atoms with E-state index in [9.17, 15) is 9.59 Å². The van der Waals surface area contributed by atoms with Gasteiger partial charge in [0, 0.05) is 12.0 Å². The molecule has 0 aromatic carbocycles. The van der Waals surface area contributed by atoms with Gasteiger partial charge in [0.1, 0.15) is 0 Å². The smallest absolute Gasteiger partial charge is 0.239 e. The highest BCUT2D eigenvalue weighted by atomic mass is 16.2. The van der Waals surface area contributed by atoms with E-state index < -0.39 is 0 Å². The Kier molecular flexibility index (Phi) is 5.86. The molecular formula is C16H28N2O2. The number of amides is 2. The molecule has 2 amide bonds. The van der Waals surface area contributed by atoms with Gasteiger partial charge in [-0.25, -0.2) is 0 Å². The summed E-state index contributed by atoms with van der Waals surface area (Å²) in [5.41, 5.74) is 0. The Bertz CT molecular complexity index is 331. The van der Waals surface area contributed by atoms with E-state index in [1.54, 1.807) is 0 Å². The second kappa shape index (κ2) is 7.65. The van der Waals surface area contributed by atoms with Crippen molar-refractivity contribution in [2.24, 2.45) is 11.8 Å². The molecule has 4 nitrogen and oxygen atoms in total. The number of hydrogen-bond acceptors (Lipinski definition) is 2. The first-order valence-corrected chi connectivity index (χ1v) is 8.24. The van der Waals surface area contributed by atoms with E-state index in [0.29, 0.717) is 12.0 Å². The van der Waals surface area contributed by atoms with Crippen molar-refractivity contribution in [2.45, 2.75) is 70.8 Å². The molecule has 1 atom stereocenters. The zero-order valence-corrected chi connectivity index (χ0v) is 12.6. The standard InChI is InChI=1S/C16H28N2O2/c1-12(13-7-5-6-8-13)16(20)17-11-15(19)18-14-9-3-2-4-10-14/h12-14H,2-11H2,1H3,(H,17,20)(H,18,19). The van der Waals surface area contributed by atoms with E-state index in [-0.39, 0.29) is 24.3 Å². The van der Waals surface area contributed by atoms with Crippen molar-refractivity contribution >= 4 is 11.8 Å². The van der Waals surface area contributed by atoms with Gasteiger partial charge < -0.3 is 10.6 Å². The maximum absolute atomic E-state index is 12.0. The van der Waals surface area contributed by atoms with Crippen LogP contribution in [-0.2, 0) is 9.59 Å². The molecule has 2 saturated carbocycles. The fraction of sp³-hybridized carbons (Fsp3) is 0.875. The molecule has 2 aliphatic carbocycles. The average Bonchev–Trinajstić information content (AvgIpc) is 2.99. The second-order valence-electron chi connectivity index (χ2n) is 6.45. The Balaban J connectivity index is 1.65. The number of nitrogens with one attached hydrogen (secondary N) is 2. The SMILES string of the molecule is CC(C(=O)NCC(=O)NC1CCCCC1)C1CCCC1. The first kappa shape index (κ1) is 15.3. The molecule has 1 unspecified atom stereocenters. The average molecular weight is 280 g/mol. The third-order valence-corrected chi connectivity index (χ3v) is 4.91. The normalized spacial score (nSPS) is 22.4. The van der Waals surface area contributed by atoms with Gasteiger partial charge in [-0.2, -0.15) is 0 Å². The van der Waals surface area contributed by atoms with Gasteiger partial charge in [-0.05, 0) is 31.6 Å². The van der Waals surface area contributed by atoms with Crippen LogP contribution in [0.2, 0.25) is 0 Å². The van der Waals surface area contributed by atoms with Crippen molar-refractivity contribution in [3.8, 4) is 0 Å². The highest BCUT2D eigenvalue weighted by Crippen LogP contribution is 2.31. The van der Waals surface area contributed by atoms with E-state index >= 15 is 0 Å². The minimum absolute atomic E-state index is 0.0377. The zero-order valence-electron chi connectivity index (χ0n) is 12.6. The lowest BCUT2D eigenvalue weighted by Crippen LogP contribution is -2.44. The Labute approximate surface area is 122 Å². The summed E-state index contributed by atoms with van der Waals surface area (Å²) >= 11 is 0. The van der Waals surface area contributed by atoms with Crippen LogP contribution >= 0.6 is 0 Å². The first-order chi connectivity index (χ1) is 9.66. The summed E-state index contributed by atoms with van der Waals surface area (Å²) in [6.07, 6.45) is 10.6. The lowest BCUT2D eigenvalue weighted by Gasteiger charge is -2.23. The molecule has 114 valence electrons. The zero-order chi connectivity index (χ0) is 14.4. The molecule has 0 radical (unpaired) electrons. The molecule has 0 aromatic heterocycles. The predicted octanol–water partition coefficient (Wildman–Crippen LogP) is 2.38. The minimum Gasteiger partial charge on any atom is -0.352 e. The lowest BCUT2D eigenvalue weighted by atomic mass is 9.92. The van der Waals surface area contributed by atoms with Crippen molar-refractivity contribution in [1.29, 1.82) is 0 Å². The lowest BCUT2D eigenvalue weighted by molar-refractivity contribution is -0.129. The van der Waals surface area contributed by atoms with Crippen LogP contribution in [0.15, 0.2) is 0 Å². The van der Waals surface area contributed by atoms with Crippen LogP contribution in [0.5, 0.6) is 0 Å². The number of carbonyl (C=O) groups is 2. The molecule has 0 heterocycles. The molecule has 2 aliphatic rings. The van der Waals surface area contributed by atoms with E-state index in [1.807, 2.05) is 6.92 Å². The summed E-state index contributed by atoms with van der Waals surface area (Å²) in [4.78, 5) is 23.9. The molecule has 0 bridgehead atoms. The summed E-state index contributed by atoms with van der Waals surface area (Å²) in [6.45, 7) is 2.12. The fourth-order valence-corrected chi connectivity index (χ4v) is 3.53. The van der Waals surface area contributed by atoms with Crippen LogP contribution in [0.25, 0.3) is 0 Å². The van der Waals surface area contributed by atoms with Gasteiger partial charge in [0.05, 0.1) is 6.54 Å². The van der Waals surface area contributed by atoms with E-state index in [1.165, 1.54) is 32.1 Å². The molecule has 0 spiro atoms. The first-order valence-electron chi connectivity index (χ1n) is 8.24. The molecule has 2 fully saturated rings. The molecular weight excluding hydrogens is 252 g/mol. The van der Waals surface area contributed by atoms with Crippen LogP contribution in [0.3, 0.4) is 0 Å². The Morgan fingerprint density at radius 1 is 1.00 bits per heavy atom. The quantitative estimate of drug-likeness (QED) is 0.812. The molecule has 2 rings (SSSR count). The van der Waals surface area contributed by atoms with Crippen molar-refractivity contribution in [3.05, 3.63) is 0 Å². The molecule has 0 aromatic rings. The number of rotatable bonds is 5. The molecule has 4 heteroatoms. The maximum Gasteiger partial charge on any atom is 0.239 e. The highest BCUT2D eigenvalue weighted by molar-refractivity contribution is 5.85. The Morgan fingerprint density at radius 3 is 2.25 bits per heavy atom. The second-order valence-corrected chi connectivity index (χ2v) is 6.45. The fourth-order valence-electron chi connectivity index (χ4n) is 3.53. The van der Waals surface area contributed by atoms with Crippen molar-refractivity contribution in [1.82, 2.24) is 10.6 Å². The number of carbonyl (C=O) groups excluding carboxylic acids is 2. The van der Waals surface area contributed by atoms with Gasteiger partial charge in [0.15, 0.2) is 0 Å². The summed E-state index contributed by atoms with van der Waals surface area (Å²) in [5.74, 6) is 0.552. The molecule has 2 N–H and O–H groups in total. The van der Waals surface area contributed by atoms with Crippen molar-refractivity contribution < 1.29 is 9.59 Å². The third-order valence-electron chi connectivity index (χ3n) is 4.91. The van der Waals surface area contributed by atoms with Crippen molar-refractivity contribution in [3.63, 3.8) is 0 Å². The Hall–Kier alpha value is -1.06. The Morgan fingerprint density at radius 2 is 1.60 bits per heavy atom. The summed E-state index contributed by atoms with van der Waals surface area (Å²) in [7, 11) is 0. The van der Waals surface area contributed by atoms with Gasteiger partial charge in [0.2, 0.25) is 11.8 Å². The third kappa shape index (κ3) is 4.50. The van der Waals surface area contributed by atoms with Crippen LogP contribution in [0.1, 0.15) is 64.7 Å². The van der Waals surface area contributed by atoms with Gasteiger partial charge >= 0.3 is 0 Å². The maximum atomic E-state index is 12.0. The van der Waals surface area contributed by atoms with Gasteiger partial charge in [-0.1, -0.05) is 39.0 Å².